The minimum Gasteiger partial charge on any atom is -0.493 e. The minimum absolute atomic E-state index is 0.0283. The van der Waals surface area contributed by atoms with Crippen molar-refractivity contribution in [1.29, 1.82) is 0 Å². The number of aromatic amines is 1. The molecule has 2 amide bonds. The molecule has 1 aliphatic rings. The number of carboxylic acid groups (broad SMARTS) is 1. The number of amides is 2. The van der Waals surface area contributed by atoms with Crippen LogP contribution in [0.15, 0.2) is 39.5 Å². The number of hydrogen-bond acceptors (Lipinski definition) is 7. The van der Waals surface area contributed by atoms with E-state index in [1.807, 2.05) is 6.07 Å². The molecule has 1 atom stereocenters. The van der Waals surface area contributed by atoms with Gasteiger partial charge in [-0.15, -0.1) is 10.2 Å². The number of hydrogen-bond donors (Lipinski definition) is 4. The first-order chi connectivity index (χ1) is 14.4. The number of unbranched alkanes of at least 4 members (excludes halogenated alkanes) is 2. The predicted molar refractivity (Wildman–Crippen MR) is 112 cm³/mol. The summed E-state index contributed by atoms with van der Waals surface area (Å²) in [7, 11) is 0. The number of carbonyl (C=O) groups is 3. The van der Waals surface area contributed by atoms with Gasteiger partial charge in [-0.1, -0.05) is 36.4 Å². The molecule has 2 heterocycles. The van der Waals surface area contributed by atoms with Crippen molar-refractivity contribution in [2.24, 2.45) is 15.2 Å². The molecule has 0 radical (unpaired) electrons. The zero-order valence-electron chi connectivity index (χ0n) is 16.0. The highest BCUT2D eigenvalue weighted by atomic mass is 32.2. The molecule has 0 aliphatic carbocycles. The molecule has 0 saturated heterocycles. The topological polar surface area (TPSA) is 157 Å². The number of azo groups is 1. The first-order valence-corrected chi connectivity index (χ1v) is 10.3. The van der Waals surface area contributed by atoms with Crippen molar-refractivity contribution in [2.75, 3.05) is 6.54 Å². The Kier molecular flexibility index (Phi) is 7.17. The number of aromatic nitrogens is 1. The maximum Gasteiger partial charge on any atom is 0.303 e. The quantitative estimate of drug-likeness (QED) is 0.353. The highest BCUT2D eigenvalue weighted by Gasteiger charge is 2.30. The summed E-state index contributed by atoms with van der Waals surface area (Å²) in [6, 6.07) is 7.20. The second-order valence-corrected chi connectivity index (χ2v) is 7.84. The third-order valence-corrected chi connectivity index (χ3v) is 5.42. The van der Waals surface area contributed by atoms with E-state index in [-0.39, 0.29) is 35.5 Å². The van der Waals surface area contributed by atoms with Crippen molar-refractivity contribution in [3.8, 4) is 5.88 Å². The lowest BCUT2D eigenvalue weighted by Gasteiger charge is -2.07. The molecule has 2 aromatic rings. The number of aliphatic carboxylic acids is 1. The van der Waals surface area contributed by atoms with Crippen LogP contribution in [-0.2, 0) is 14.4 Å². The maximum absolute atomic E-state index is 12.0. The van der Waals surface area contributed by atoms with Gasteiger partial charge in [-0.05, 0) is 18.9 Å². The molecule has 1 aromatic heterocycles. The number of carbonyl (C=O) groups excluding carboxylic acids is 2. The molecule has 11 heteroatoms. The third kappa shape index (κ3) is 5.66. The summed E-state index contributed by atoms with van der Waals surface area (Å²) in [6.45, 7) is 0.428. The fourth-order valence-corrected chi connectivity index (χ4v) is 3.77. The average Bonchev–Trinajstić information content (AvgIpc) is 3.21. The number of benzene rings is 1. The highest BCUT2D eigenvalue weighted by Crippen LogP contribution is 2.36. The van der Waals surface area contributed by atoms with Crippen LogP contribution >= 0.6 is 11.8 Å². The number of fused-ring (bicyclic) bond motifs is 1. The van der Waals surface area contributed by atoms with E-state index in [2.05, 4.69) is 25.5 Å². The molecule has 1 unspecified atom stereocenters. The number of rotatable bonds is 9. The van der Waals surface area contributed by atoms with E-state index in [1.54, 1.807) is 18.2 Å². The predicted octanol–water partition coefficient (Wildman–Crippen LogP) is 3.11. The Labute approximate surface area is 175 Å². The number of nitrogens with one attached hydrogen (secondary N) is 2. The van der Waals surface area contributed by atoms with Crippen LogP contribution in [0.25, 0.3) is 10.9 Å². The number of aliphatic imine (C=N–C) groups is 1. The first kappa shape index (κ1) is 21.5. The fraction of sp³-hybridized carbons (Fsp3) is 0.368. The van der Waals surface area contributed by atoms with E-state index in [0.717, 1.165) is 11.8 Å². The van der Waals surface area contributed by atoms with Crippen LogP contribution in [0, 0.1) is 0 Å². The summed E-state index contributed by atoms with van der Waals surface area (Å²) >= 11 is 1.05. The van der Waals surface area contributed by atoms with Crippen molar-refractivity contribution >= 4 is 51.3 Å². The number of amidine groups is 1. The minimum atomic E-state index is -0.830. The SMILES string of the molecule is O=C(O)CCCCCNC(=O)CC1SC(N=Nc2c(O)[nH]c3ccccc23)=NC1=O. The van der Waals surface area contributed by atoms with Crippen LogP contribution in [0.3, 0.4) is 0 Å². The molecule has 0 fully saturated rings. The molecular formula is C19H21N5O5S. The Morgan fingerprint density at radius 2 is 2.00 bits per heavy atom. The van der Waals surface area contributed by atoms with E-state index in [4.69, 9.17) is 5.11 Å². The van der Waals surface area contributed by atoms with Gasteiger partial charge in [0, 0.05) is 24.8 Å². The van der Waals surface area contributed by atoms with Gasteiger partial charge in [-0.3, -0.25) is 14.4 Å². The zero-order chi connectivity index (χ0) is 21.5. The first-order valence-electron chi connectivity index (χ1n) is 9.43. The van der Waals surface area contributed by atoms with Gasteiger partial charge in [0.2, 0.25) is 17.0 Å². The highest BCUT2D eigenvalue weighted by molar-refractivity contribution is 8.15. The summed E-state index contributed by atoms with van der Waals surface area (Å²) in [5.74, 6) is -1.69. The molecule has 1 aliphatic heterocycles. The summed E-state index contributed by atoms with van der Waals surface area (Å²) < 4.78 is 0. The smallest absolute Gasteiger partial charge is 0.303 e. The van der Waals surface area contributed by atoms with Gasteiger partial charge >= 0.3 is 5.97 Å². The Bertz CT molecular complexity index is 1020. The van der Waals surface area contributed by atoms with Crippen molar-refractivity contribution in [1.82, 2.24) is 10.3 Å². The molecule has 0 spiro atoms. The Hall–Kier alpha value is -3.21. The molecule has 0 saturated carbocycles. The monoisotopic (exact) mass is 431 g/mol. The Morgan fingerprint density at radius 3 is 2.80 bits per heavy atom. The molecule has 158 valence electrons. The van der Waals surface area contributed by atoms with Crippen LogP contribution in [0.1, 0.15) is 32.1 Å². The molecule has 30 heavy (non-hydrogen) atoms. The average molecular weight is 431 g/mol. The van der Waals surface area contributed by atoms with Gasteiger partial charge < -0.3 is 20.5 Å². The van der Waals surface area contributed by atoms with E-state index >= 15 is 0 Å². The summed E-state index contributed by atoms with van der Waals surface area (Å²) in [5.41, 5.74) is 0.962. The van der Waals surface area contributed by atoms with Gasteiger partial charge in [-0.2, -0.15) is 4.99 Å². The van der Waals surface area contributed by atoms with Gasteiger partial charge in [0.25, 0.3) is 5.91 Å². The second-order valence-electron chi connectivity index (χ2n) is 6.67. The molecule has 0 bridgehead atoms. The third-order valence-electron chi connectivity index (χ3n) is 4.38. The van der Waals surface area contributed by atoms with E-state index in [9.17, 15) is 19.5 Å². The second kappa shape index (κ2) is 10.0. The van der Waals surface area contributed by atoms with Crippen LogP contribution in [0.4, 0.5) is 5.69 Å². The Morgan fingerprint density at radius 1 is 1.20 bits per heavy atom. The van der Waals surface area contributed by atoms with Crippen LogP contribution in [-0.4, -0.2) is 49.9 Å². The molecule has 10 nitrogen and oxygen atoms in total. The van der Waals surface area contributed by atoms with Gasteiger partial charge in [0.05, 0.1) is 5.52 Å². The van der Waals surface area contributed by atoms with E-state index in [0.29, 0.717) is 36.7 Å². The summed E-state index contributed by atoms with van der Waals surface area (Å²) in [5, 5.41) is 29.4. The van der Waals surface area contributed by atoms with Crippen LogP contribution in [0.2, 0.25) is 0 Å². The number of thioether (sulfide) groups is 1. The number of nitrogens with zero attached hydrogens (tertiary/aromatic N) is 3. The summed E-state index contributed by atoms with van der Waals surface area (Å²) in [6.07, 6.45) is 2.04. The summed E-state index contributed by atoms with van der Waals surface area (Å²) in [4.78, 5) is 41.1. The lowest BCUT2D eigenvalue weighted by Crippen LogP contribution is -2.29. The number of para-hydroxylation sites is 1. The lowest BCUT2D eigenvalue weighted by molar-refractivity contribution is -0.137. The Balaban J connectivity index is 1.47. The van der Waals surface area contributed by atoms with Crippen molar-refractivity contribution in [2.45, 2.75) is 37.4 Å². The largest absolute Gasteiger partial charge is 0.493 e. The molecule has 3 rings (SSSR count). The number of H-pyrrole nitrogens is 1. The van der Waals surface area contributed by atoms with E-state index < -0.39 is 17.1 Å². The van der Waals surface area contributed by atoms with Crippen LogP contribution < -0.4 is 5.32 Å². The van der Waals surface area contributed by atoms with Gasteiger partial charge in [0.1, 0.15) is 5.25 Å². The van der Waals surface area contributed by atoms with Crippen molar-refractivity contribution < 1.29 is 24.6 Å². The standard InChI is InChI=1S/C19H21N5O5S/c25-14(20-9-5-1-2-8-15(26)27)10-13-17(28)22-19(30-13)24-23-16-11-6-3-4-7-12(11)21-18(16)29/h3-4,6-7,13,21,29H,1-2,5,8-10H2,(H,20,25)(H,26,27). The zero-order valence-corrected chi connectivity index (χ0v) is 16.8. The maximum atomic E-state index is 12.0. The lowest BCUT2D eigenvalue weighted by atomic mass is 10.2. The van der Waals surface area contributed by atoms with Crippen LogP contribution in [0.5, 0.6) is 5.88 Å². The van der Waals surface area contributed by atoms with Crippen molar-refractivity contribution in [3.05, 3.63) is 24.3 Å². The molecular weight excluding hydrogens is 410 g/mol. The van der Waals surface area contributed by atoms with Crippen molar-refractivity contribution in [3.63, 3.8) is 0 Å². The number of carboxylic acids is 1. The number of aromatic hydroxyl groups is 1. The van der Waals surface area contributed by atoms with Gasteiger partial charge in [-0.25, -0.2) is 0 Å². The fourth-order valence-electron chi connectivity index (χ4n) is 2.90. The van der Waals surface area contributed by atoms with Gasteiger partial charge in [0.15, 0.2) is 5.69 Å². The van der Waals surface area contributed by atoms with E-state index in [1.165, 1.54) is 0 Å². The molecule has 1 aromatic carbocycles. The normalized spacial score (nSPS) is 16.3. The molecule has 4 N–H and O–H groups in total.